The Bertz CT molecular complexity index is 199. The molecule has 106 valence electrons. The summed E-state index contributed by atoms with van der Waals surface area (Å²) >= 11 is 0. The van der Waals surface area contributed by atoms with E-state index in [9.17, 15) is 0 Å². The first kappa shape index (κ1) is 21.3. The summed E-state index contributed by atoms with van der Waals surface area (Å²) in [6.45, 7) is 0. The van der Waals surface area contributed by atoms with Crippen LogP contribution in [0.2, 0.25) is 0 Å². The molecule has 1 fully saturated rings. The second-order valence-electron chi connectivity index (χ2n) is 3.26. The van der Waals surface area contributed by atoms with E-state index >= 15 is 0 Å². The van der Waals surface area contributed by atoms with E-state index in [0.29, 0.717) is 0 Å². The van der Waals surface area contributed by atoms with Crippen molar-refractivity contribution in [1.82, 2.24) is 0 Å². The third-order valence-electron chi connectivity index (χ3n) is 1.78. The molecule has 1 saturated carbocycles. The van der Waals surface area contributed by atoms with E-state index in [1.807, 2.05) is 0 Å². The van der Waals surface area contributed by atoms with E-state index in [1.54, 1.807) is 0 Å². The summed E-state index contributed by atoms with van der Waals surface area (Å²) in [5.74, 6) is 0. The third kappa shape index (κ3) is 31.3. The fourth-order valence-corrected chi connectivity index (χ4v) is 1.21. The number of rotatable bonds is 0. The maximum Gasteiger partial charge on any atom is 0.291 e. The smallest absolute Gasteiger partial charge is 0.291 e. The summed E-state index contributed by atoms with van der Waals surface area (Å²) in [7, 11) is 0. The molecule has 0 aromatic rings. The third-order valence-corrected chi connectivity index (χ3v) is 1.78. The van der Waals surface area contributed by atoms with Crippen LogP contribution in [0.15, 0.2) is 0 Å². The Morgan fingerprint density at radius 3 is 1.35 bits per heavy atom. The van der Waals surface area contributed by atoms with Gasteiger partial charge < -0.3 is 32.0 Å². The first-order valence-corrected chi connectivity index (χ1v) is 4.40. The quantitative estimate of drug-likeness (QED) is 0.270. The van der Waals surface area contributed by atoms with E-state index in [0.717, 1.165) is 12.8 Å². The molecule has 0 aromatic heterocycles. The van der Waals surface area contributed by atoms with Gasteiger partial charge in [-0.25, -0.2) is 0 Å². The molecule has 10 nitrogen and oxygen atoms in total. The molecule has 0 unspecified atom stereocenters. The van der Waals surface area contributed by atoms with Gasteiger partial charge in [0.2, 0.25) is 0 Å². The first-order chi connectivity index (χ1) is 7.17. The first-order valence-electron chi connectivity index (χ1n) is 4.40. The number of hydrogen-bond donors (Lipinski definition) is 3. The maximum atomic E-state index is 8.36. The van der Waals surface area contributed by atoms with Gasteiger partial charge in [0.25, 0.3) is 5.09 Å². The minimum atomic E-state index is -1.75. The van der Waals surface area contributed by atoms with Crippen LogP contribution in [0.1, 0.15) is 32.1 Å². The van der Waals surface area contributed by atoms with Crippen molar-refractivity contribution in [2.45, 2.75) is 37.8 Å². The summed E-state index contributed by atoms with van der Waals surface area (Å²) in [4.78, 5) is 16.6. The SMILES string of the molecule is NC1(N)CCCCC1.O=[N+]([O-])O.O=[N+]([O-])[O-].[Pt]. The van der Waals surface area contributed by atoms with E-state index in [4.69, 9.17) is 42.1 Å². The summed E-state index contributed by atoms with van der Waals surface area (Å²) in [6, 6.07) is 0. The summed E-state index contributed by atoms with van der Waals surface area (Å²) < 4.78 is 0. The van der Waals surface area contributed by atoms with Crippen molar-refractivity contribution >= 4 is 0 Å². The number of nitrogens with two attached hydrogens (primary N) is 2. The zero-order chi connectivity index (χ0) is 13.2. The molecule has 0 saturated heterocycles. The molecular formula is C6H15N4O6Pt-. The molecular weight excluding hydrogens is 419 g/mol. The topological polar surface area (TPSA) is 182 Å². The van der Waals surface area contributed by atoms with Gasteiger partial charge in [-0.3, -0.25) is 0 Å². The maximum absolute atomic E-state index is 8.36. The second kappa shape index (κ2) is 11.5. The van der Waals surface area contributed by atoms with Crippen LogP contribution in [0.25, 0.3) is 0 Å². The van der Waals surface area contributed by atoms with Crippen molar-refractivity contribution in [3.8, 4) is 0 Å². The normalized spacial score (nSPS) is 15.9. The van der Waals surface area contributed by atoms with Gasteiger partial charge in [-0.15, -0.1) is 10.1 Å². The molecule has 1 aliphatic rings. The Morgan fingerprint density at radius 2 is 1.24 bits per heavy atom. The molecule has 5 N–H and O–H groups in total. The van der Waals surface area contributed by atoms with Crippen molar-refractivity contribution in [2.75, 3.05) is 0 Å². The molecule has 0 amide bonds. The summed E-state index contributed by atoms with van der Waals surface area (Å²) in [6.07, 6.45) is 5.76. The van der Waals surface area contributed by atoms with Gasteiger partial charge in [0.1, 0.15) is 0 Å². The molecule has 0 radical (unpaired) electrons. The van der Waals surface area contributed by atoms with Crippen molar-refractivity contribution in [2.24, 2.45) is 11.5 Å². The predicted molar refractivity (Wildman–Crippen MR) is 53.3 cm³/mol. The number of hydrogen-bond acceptors (Lipinski definition) is 7. The molecule has 0 aromatic carbocycles. The Kier molecular flexibility index (Phi) is 14.4. The second-order valence-corrected chi connectivity index (χ2v) is 3.26. The summed E-state index contributed by atoms with van der Waals surface area (Å²) in [5, 5.41) is 28.4. The number of nitrogens with zero attached hydrogens (tertiary/aromatic N) is 2. The Hall–Kier alpha value is -0.992. The van der Waals surface area contributed by atoms with Crippen molar-refractivity contribution < 1.29 is 36.4 Å². The molecule has 0 heterocycles. The van der Waals surface area contributed by atoms with Gasteiger partial charge in [0.05, 0.1) is 10.7 Å². The van der Waals surface area contributed by atoms with Crippen LogP contribution in [0, 0.1) is 25.4 Å². The largest absolute Gasteiger partial charge is 0.356 e. The van der Waals surface area contributed by atoms with Gasteiger partial charge in [-0.1, -0.05) is 19.3 Å². The van der Waals surface area contributed by atoms with E-state index in [-0.39, 0.29) is 26.7 Å². The fraction of sp³-hybridized carbons (Fsp3) is 1.00. The Morgan fingerprint density at radius 1 is 1.00 bits per heavy atom. The molecule has 1 aliphatic carbocycles. The fourth-order valence-electron chi connectivity index (χ4n) is 1.21. The van der Waals surface area contributed by atoms with E-state index in [1.165, 1.54) is 19.3 Å². The van der Waals surface area contributed by atoms with Crippen LogP contribution in [-0.2, 0) is 21.1 Å². The van der Waals surface area contributed by atoms with Gasteiger partial charge in [-0.05, 0) is 12.8 Å². The standard InChI is InChI=1S/C6H14N2.HNO3.NO3.Pt/c7-6(8)4-2-1-3-5-6;2*2-1(3)4;/h1-5,7-8H2;(H,2,3,4);;/q;;-1;. The molecule has 11 heteroatoms. The zero-order valence-corrected chi connectivity index (χ0v) is 11.2. The molecule has 1 rings (SSSR count). The minimum absolute atomic E-state index is 0. The van der Waals surface area contributed by atoms with E-state index < -0.39 is 10.2 Å². The Balaban J connectivity index is -0.000000189. The van der Waals surface area contributed by atoms with Crippen LogP contribution < -0.4 is 11.5 Å². The van der Waals surface area contributed by atoms with Crippen LogP contribution in [0.4, 0.5) is 0 Å². The van der Waals surface area contributed by atoms with Crippen molar-refractivity contribution in [3.05, 3.63) is 25.4 Å². The van der Waals surface area contributed by atoms with Crippen LogP contribution >= 0.6 is 0 Å². The molecule has 0 atom stereocenters. The average Bonchev–Trinajstić information content (AvgIpc) is 2.00. The van der Waals surface area contributed by atoms with Crippen LogP contribution in [0.3, 0.4) is 0 Å². The molecule has 0 bridgehead atoms. The van der Waals surface area contributed by atoms with Crippen molar-refractivity contribution in [1.29, 1.82) is 0 Å². The van der Waals surface area contributed by atoms with Gasteiger partial charge in [0, 0.05) is 21.1 Å². The molecule has 17 heavy (non-hydrogen) atoms. The summed E-state index contributed by atoms with van der Waals surface area (Å²) in [5.41, 5.74) is 11.0. The monoisotopic (exact) mass is 434 g/mol. The van der Waals surface area contributed by atoms with Crippen LogP contribution in [0.5, 0.6) is 0 Å². The zero-order valence-electron chi connectivity index (χ0n) is 8.89. The van der Waals surface area contributed by atoms with Crippen molar-refractivity contribution in [3.63, 3.8) is 0 Å². The van der Waals surface area contributed by atoms with Crippen LogP contribution in [-0.4, -0.2) is 21.0 Å². The molecule has 0 spiro atoms. The van der Waals surface area contributed by atoms with Gasteiger partial charge in [-0.2, -0.15) is 0 Å². The van der Waals surface area contributed by atoms with Gasteiger partial charge >= 0.3 is 0 Å². The molecule has 0 aliphatic heterocycles. The van der Waals surface area contributed by atoms with E-state index in [2.05, 4.69) is 0 Å². The van der Waals surface area contributed by atoms with Gasteiger partial charge in [0.15, 0.2) is 0 Å². The average molecular weight is 434 g/mol. The predicted octanol–water partition coefficient (Wildman–Crippen LogP) is -0.0251. The Labute approximate surface area is 111 Å². The minimum Gasteiger partial charge on any atom is -0.356 e.